The van der Waals surface area contributed by atoms with E-state index in [-0.39, 0.29) is 32.3 Å². The molecule has 0 aliphatic carbocycles. The van der Waals surface area contributed by atoms with Crippen molar-refractivity contribution >= 4 is 28.7 Å². The molecule has 104 valence electrons. The highest BCUT2D eigenvalue weighted by molar-refractivity contribution is 6.66. The van der Waals surface area contributed by atoms with Gasteiger partial charge in [0.25, 0.3) is 17.1 Å². The normalized spacial score (nSPS) is 15.3. The second kappa shape index (κ2) is 7.67. The van der Waals surface area contributed by atoms with Gasteiger partial charge < -0.3 is 14.6 Å². The van der Waals surface area contributed by atoms with E-state index < -0.39 is 17.1 Å². The third-order valence-electron chi connectivity index (χ3n) is 1.98. The summed E-state index contributed by atoms with van der Waals surface area (Å²) in [4.78, 5) is 34.4. The lowest BCUT2D eigenvalue weighted by Crippen LogP contribution is -2.31. The summed E-state index contributed by atoms with van der Waals surface area (Å²) in [7, 11) is 0. The Balaban J connectivity index is 2.61. The molecule has 0 aromatic heterocycles. The first-order valence-electron chi connectivity index (χ1n) is 5.35. The Labute approximate surface area is 114 Å². The lowest BCUT2D eigenvalue weighted by atomic mass is 10.5. The minimum atomic E-state index is -0.876. The minimum absolute atomic E-state index is 0.00688. The molecule has 1 N–H and O–H groups in total. The van der Waals surface area contributed by atoms with Crippen LogP contribution in [-0.2, 0) is 23.9 Å². The zero-order chi connectivity index (χ0) is 14.3. The highest BCUT2D eigenvalue weighted by atomic mass is 35.5. The number of hydrogen-bond acceptors (Lipinski definition) is 6. The molecule has 1 aliphatic rings. The van der Waals surface area contributed by atoms with Crippen molar-refractivity contribution in [2.75, 3.05) is 26.4 Å². The quantitative estimate of drug-likeness (QED) is 0.214. The van der Waals surface area contributed by atoms with Crippen molar-refractivity contribution in [1.82, 2.24) is 4.90 Å². The van der Waals surface area contributed by atoms with Crippen molar-refractivity contribution in [2.24, 2.45) is 0 Å². The Kier molecular flexibility index (Phi) is 6.20. The highest BCUT2D eigenvalue weighted by Gasteiger charge is 2.28. The van der Waals surface area contributed by atoms with Crippen molar-refractivity contribution in [2.45, 2.75) is 0 Å². The van der Waals surface area contributed by atoms with Gasteiger partial charge in [0.1, 0.15) is 6.61 Å². The highest BCUT2D eigenvalue weighted by Crippen LogP contribution is 2.14. The lowest BCUT2D eigenvalue weighted by Gasteiger charge is -2.18. The fraction of sp³-hybridized carbons (Fsp3) is 0.364. The number of carbonyl (C=O) groups is 3. The molecule has 7 nitrogen and oxygen atoms in total. The van der Waals surface area contributed by atoms with Gasteiger partial charge in [-0.1, -0.05) is 0 Å². The van der Waals surface area contributed by atoms with Crippen LogP contribution in [0.25, 0.3) is 0 Å². The molecule has 0 bridgehead atoms. The van der Waals surface area contributed by atoms with Gasteiger partial charge in [-0.2, -0.15) is 0 Å². The number of carbonyl (C=O) groups excluding carboxylic acids is 3. The second-order valence-corrected chi connectivity index (χ2v) is 3.69. The van der Waals surface area contributed by atoms with E-state index in [4.69, 9.17) is 26.2 Å². The van der Waals surface area contributed by atoms with Crippen LogP contribution < -0.4 is 0 Å². The third kappa shape index (κ3) is 4.82. The number of imide groups is 1. The molecule has 1 heterocycles. The summed E-state index contributed by atoms with van der Waals surface area (Å²) < 4.78 is 10.0. The number of ether oxygens (including phenoxy) is 2. The molecule has 0 unspecified atom stereocenters. The second-order valence-electron chi connectivity index (χ2n) is 3.32. The third-order valence-corrected chi connectivity index (χ3v) is 2.09. The maximum absolute atomic E-state index is 11.4. The number of nitrogens with zero attached hydrogens (tertiary/aromatic N) is 1. The number of allylic oxidation sites excluding steroid dienone is 1. The van der Waals surface area contributed by atoms with Gasteiger partial charge in [0, 0.05) is 12.2 Å². The molecular formula is C11H12ClNO6. The number of aliphatic hydroxyl groups excluding tert-OH is 1. The van der Waals surface area contributed by atoms with Crippen molar-refractivity contribution in [3.63, 3.8) is 0 Å². The molecule has 0 spiro atoms. The molecule has 0 aromatic carbocycles. The van der Waals surface area contributed by atoms with Crippen LogP contribution in [0.1, 0.15) is 0 Å². The Morgan fingerprint density at radius 1 is 1.26 bits per heavy atom. The maximum atomic E-state index is 11.4. The first kappa shape index (κ1) is 15.4. The fourth-order valence-electron chi connectivity index (χ4n) is 1.26. The van der Waals surface area contributed by atoms with E-state index in [0.717, 1.165) is 18.2 Å². The van der Waals surface area contributed by atoms with Gasteiger partial charge in [-0.05, 0) is 11.6 Å². The van der Waals surface area contributed by atoms with E-state index in [1.807, 2.05) is 0 Å². The molecule has 0 aromatic rings. The van der Waals surface area contributed by atoms with Gasteiger partial charge in [-0.25, -0.2) is 4.90 Å². The Bertz CT molecular complexity index is 413. The fourth-order valence-corrected chi connectivity index (χ4v) is 1.35. The molecule has 2 amide bonds. The van der Waals surface area contributed by atoms with Gasteiger partial charge in [0.2, 0.25) is 5.88 Å². The van der Waals surface area contributed by atoms with Crippen LogP contribution in [-0.4, -0.2) is 53.5 Å². The average molecular weight is 290 g/mol. The average Bonchev–Trinajstić information content (AvgIpc) is 2.67. The van der Waals surface area contributed by atoms with Gasteiger partial charge >= 0.3 is 0 Å². The number of aliphatic hydroxyl groups is 1. The van der Waals surface area contributed by atoms with E-state index in [0.29, 0.717) is 4.90 Å². The Hall–Kier alpha value is -1.70. The molecule has 0 saturated carbocycles. The summed E-state index contributed by atoms with van der Waals surface area (Å²) >= 11 is 5.18. The van der Waals surface area contributed by atoms with Gasteiger partial charge in [0.05, 0.1) is 25.9 Å². The number of halogens is 1. The van der Waals surface area contributed by atoms with E-state index in [1.54, 1.807) is 0 Å². The summed E-state index contributed by atoms with van der Waals surface area (Å²) in [5, 5.41) is 7.61. The van der Waals surface area contributed by atoms with Crippen molar-refractivity contribution < 1.29 is 29.0 Å². The van der Waals surface area contributed by atoms with Crippen molar-refractivity contribution in [3.8, 4) is 0 Å². The minimum Gasteiger partial charge on any atom is -0.476 e. The van der Waals surface area contributed by atoms with Crippen LogP contribution in [0.4, 0.5) is 0 Å². The van der Waals surface area contributed by atoms with E-state index in [2.05, 4.69) is 0 Å². The predicted octanol–water partition coefficient (Wildman–Crippen LogP) is -0.456. The zero-order valence-electron chi connectivity index (χ0n) is 9.87. The van der Waals surface area contributed by atoms with Gasteiger partial charge in [-0.3, -0.25) is 14.4 Å². The molecular weight excluding hydrogens is 278 g/mol. The first-order valence-corrected chi connectivity index (χ1v) is 5.72. The number of amides is 2. The van der Waals surface area contributed by atoms with Crippen LogP contribution in [0, 0.1) is 0 Å². The Morgan fingerprint density at radius 2 is 1.89 bits per heavy atom. The van der Waals surface area contributed by atoms with Crippen molar-refractivity contribution in [3.05, 3.63) is 24.1 Å². The standard InChI is InChI=1S/C11H12ClNO6/c12-8(15)7-11(19-6-5-18-4-3-14)13-9(16)1-2-10(13)17/h1-2,7,14H,3-6H2. The SMILES string of the molecule is O=C(Cl)C=C(OCCOCCO)N1C(=O)C=CC1=O. The van der Waals surface area contributed by atoms with Crippen LogP contribution in [0.15, 0.2) is 24.1 Å². The van der Waals surface area contributed by atoms with E-state index >= 15 is 0 Å². The zero-order valence-corrected chi connectivity index (χ0v) is 10.6. The monoisotopic (exact) mass is 289 g/mol. The molecule has 1 aliphatic heterocycles. The van der Waals surface area contributed by atoms with Crippen LogP contribution in [0.3, 0.4) is 0 Å². The summed E-state index contributed by atoms with van der Waals surface area (Å²) in [5.41, 5.74) is 0. The molecule has 0 atom stereocenters. The number of rotatable bonds is 8. The Morgan fingerprint density at radius 3 is 2.42 bits per heavy atom. The largest absolute Gasteiger partial charge is 0.476 e. The summed E-state index contributed by atoms with van der Waals surface area (Å²) in [5.74, 6) is -1.50. The molecule has 19 heavy (non-hydrogen) atoms. The van der Waals surface area contributed by atoms with Crippen LogP contribution in [0.5, 0.6) is 0 Å². The van der Waals surface area contributed by atoms with Crippen molar-refractivity contribution in [1.29, 1.82) is 0 Å². The topological polar surface area (TPSA) is 93.1 Å². The predicted molar refractivity (Wildman–Crippen MR) is 63.8 cm³/mol. The molecule has 0 fully saturated rings. The molecule has 8 heteroatoms. The first-order chi connectivity index (χ1) is 9.06. The molecule has 0 radical (unpaired) electrons. The van der Waals surface area contributed by atoms with Crippen LogP contribution >= 0.6 is 11.6 Å². The summed E-state index contributed by atoms with van der Waals surface area (Å²) in [6, 6.07) is 0. The smallest absolute Gasteiger partial charge is 0.260 e. The molecule has 1 rings (SSSR count). The lowest BCUT2D eigenvalue weighted by molar-refractivity contribution is -0.137. The number of hydrogen-bond donors (Lipinski definition) is 1. The van der Waals surface area contributed by atoms with E-state index in [1.165, 1.54) is 0 Å². The van der Waals surface area contributed by atoms with Crippen LogP contribution in [0.2, 0.25) is 0 Å². The van der Waals surface area contributed by atoms with Gasteiger partial charge in [0.15, 0.2) is 0 Å². The summed E-state index contributed by atoms with van der Waals surface area (Å²) in [6.45, 7) is 0.126. The maximum Gasteiger partial charge on any atom is 0.260 e. The molecule has 0 saturated heterocycles. The van der Waals surface area contributed by atoms with E-state index in [9.17, 15) is 14.4 Å². The van der Waals surface area contributed by atoms with Gasteiger partial charge in [-0.15, -0.1) is 0 Å². The summed E-state index contributed by atoms with van der Waals surface area (Å²) in [6.07, 6.45) is 2.94.